The maximum atomic E-state index is 13.6. The molecule has 6 heteroatoms. The first-order valence-electron chi connectivity index (χ1n) is 9.16. The number of aliphatic hydroxyl groups is 2. The van der Waals surface area contributed by atoms with Gasteiger partial charge in [-0.15, -0.1) is 0 Å². The third-order valence-electron chi connectivity index (χ3n) is 5.69. The summed E-state index contributed by atoms with van der Waals surface area (Å²) in [4.78, 5) is 4.83. The number of halogens is 1. The molecule has 26 heavy (non-hydrogen) atoms. The van der Waals surface area contributed by atoms with Gasteiger partial charge in [-0.3, -0.25) is 4.99 Å². The molecule has 0 spiro atoms. The molecule has 3 rings (SSSR count). The molecule has 1 saturated carbocycles. The number of benzene rings is 1. The number of nitrogens with one attached hydrogen (secondary N) is 2. The number of aliphatic imine (C=N–C) groups is 1. The quantitative estimate of drug-likeness (QED) is 0.626. The molecule has 1 aliphatic heterocycles. The van der Waals surface area contributed by atoms with Gasteiger partial charge < -0.3 is 20.8 Å². The van der Waals surface area contributed by atoms with E-state index < -0.39 is 0 Å². The summed E-state index contributed by atoms with van der Waals surface area (Å²) in [5.74, 6) is 0.717. The third-order valence-corrected chi connectivity index (χ3v) is 5.69. The van der Waals surface area contributed by atoms with Crippen LogP contribution in [0.3, 0.4) is 0 Å². The highest BCUT2D eigenvalue weighted by molar-refractivity contribution is 5.85. The van der Waals surface area contributed by atoms with Crippen LogP contribution < -0.4 is 10.6 Å². The van der Waals surface area contributed by atoms with Crippen molar-refractivity contribution in [1.29, 1.82) is 0 Å². The minimum Gasteiger partial charge on any atom is -0.396 e. The van der Waals surface area contributed by atoms with Gasteiger partial charge in [-0.05, 0) is 50.4 Å². The topological polar surface area (TPSA) is 76.9 Å². The van der Waals surface area contributed by atoms with E-state index in [1.165, 1.54) is 17.7 Å². The van der Waals surface area contributed by atoms with Gasteiger partial charge in [0.15, 0.2) is 0 Å². The van der Waals surface area contributed by atoms with E-state index in [-0.39, 0.29) is 35.9 Å². The van der Waals surface area contributed by atoms with Gasteiger partial charge in [-0.25, -0.2) is 4.39 Å². The summed E-state index contributed by atoms with van der Waals surface area (Å²) in [7, 11) is 1.85. The Kier molecular flexibility index (Phi) is 5.75. The van der Waals surface area contributed by atoms with Crippen molar-refractivity contribution in [3.05, 3.63) is 47.4 Å². The molecular weight excluding hydrogens is 333 g/mol. The number of likely N-dealkylation sites (N-methyl/N-ethyl adjacent to an activating group) is 1. The van der Waals surface area contributed by atoms with Crippen molar-refractivity contribution in [3.8, 4) is 0 Å². The number of allylic oxidation sites excluding steroid dienone is 1. The monoisotopic (exact) mass is 361 g/mol. The van der Waals surface area contributed by atoms with Crippen LogP contribution in [0.1, 0.15) is 37.8 Å². The second-order valence-electron chi connectivity index (χ2n) is 7.58. The van der Waals surface area contributed by atoms with Gasteiger partial charge in [0.25, 0.3) is 0 Å². The number of hydrogen-bond acceptors (Lipinski definition) is 4. The van der Waals surface area contributed by atoms with Crippen LogP contribution in [0.25, 0.3) is 0 Å². The number of rotatable bonds is 6. The van der Waals surface area contributed by atoms with E-state index in [2.05, 4.69) is 10.6 Å². The molecule has 0 bridgehead atoms. The fourth-order valence-electron chi connectivity index (χ4n) is 4.24. The fraction of sp³-hybridized carbons (Fsp3) is 0.550. The van der Waals surface area contributed by atoms with E-state index >= 15 is 0 Å². The smallest absolute Gasteiger partial charge is 0.123 e. The minimum absolute atomic E-state index is 0.0665. The van der Waals surface area contributed by atoms with E-state index in [1.807, 2.05) is 26.2 Å². The first-order valence-corrected chi connectivity index (χ1v) is 9.16. The molecule has 1 fully saturated rings. The molecule has 4 N–H and O–H groups in total. The summed E-state index contributed by atoms with van der Waals surface area (Å²) >= 11 is 0. The molecular formula is C20H28FN3O2. The molecule has 0 aromatic heterocycles. The SMILES string of the molecule is CNCC(N=C1CC(C2(CO)CC(O)C2)C(C)=CN1)c1cccc(F)c1. The van der Waals surface area contributed by atoms with E-state index in [1.54, 1.807) is 6.07 Å². The second kappa shape index (κ2) is 7.86. The van der Waals surface area contributed by atoms with E-state index in [0.717, 1.165) is 11.4 Å². The Morgan fingerprint density at radius 1 is 1.42 bits per heavy atom. The van der Waals surface area contributed by atoms with E-state index in [9.17, 15) is 14.6 Å². The highest BCUT2D eigenvalue weighted by atomic mass is 19.1. The molecule has 5 nitrogen and oxygen atoms in total. The zero-order chi connectivity index (χ0) is 18.7. The van der Waals surface area contributed by atoms with Crippen LogP contribution in [0.15, 0.2) is 41.0 Å². The highest BCUT2D eigenvalue weighted by Crippen LogP contribution is 2.51. The van der Waals surface area contributed by atoms with Crippen LogP contribution in [0.4, 0.5) is 4.39 Å². The summed E-state index contributed by atoms with van der Waals surface area (Å²) in [6.45, 7) is 2.72. The summed E-state index contributed by atoms with van der Waals surface area (Å²) in [6, 6.07) is 6.34. The summed E-state index contributed by atoms with van der Waals surface area (Å²) in [6.07, 6.45) is 3.55. The molecule has 2 aliphatic rings. The molecule has 1 aliphatic carbocycles. The van der Waals surface area contributed by atoms with Crippen molar-refractivity contribution in [3.63, 3.8) is 0 Å². The highest BCUT2D eigenvalue weighted by Gasteiger charge is 2.50. The van der Waals surface area contributed by atoms with Gasteiger partial charge in [0.05, 0.1) is 12.1 Å². The van der Waals surface area contributed by atoms with Crippen LogP contribution in [-0.4, -0.2) is 42.4 Å². The average Bonchev–Trinajstić information content (AvgIpc) is 2.60. The number of nitrogens with zero attached hydrogens (tertiary/aromatic N) is 1. The van der Waals surface area contributed by atoms with Gasteiger partial charge >= 0.3 is 0 Å². The summed E-state index contributed by atoms with van der Waals surface area (Å²) < 4.78 is 13.6. The lowest BCUT2D eigenvalue weighted by atomic mass is 9.57. The van der Waals surface area contributed by atoms with Gasteiger partial charge in [-0.2, -0.15) is 0 Å². The standard InChI is InChI=1S/C20H28FN3O2/c1-13-10-23-19(7-17(13)20(12-25)8-16(26)9-20)24-18(11-22-2)14-4-3-5-15(21)6-14/h3-6,10,16-18,22,25-26H,7-9,11-12H2,1-2H3,(H,23,24). The molecule has 0 radical (unpaired) electrons. The van der Waals surface area contributed by atoms with Crippen molar-refractivity contribution in [1.82, 2.24) is 10.6 Å². The lowest BCUT2D eigenvalue weighted by Crippen LogP contribution is -2.51. The van der Waals surface area contributed by atoms with Crippen molar-refractivity contribution < 1.29 is 14.6 Å². The predicted molar refractivity (Wildman–Crippen MR) is 100 cm³/mol. The Morgan fingerprint density at radius 3 is 2.81 bits per heavy atom. The molecule has 0 saturated heterocycles. The first kappa shape index (κ1) is 19.0. The maximum absolute atomic E-state index is 13.6. The largest absolute Gasteiger partial charge is 0.396 e. The van der Waals surface area contributed by atoms with Crippen LogP contribution in [0.2, 0.25) is 0 Å². The van der Waals surface area contributed by atoms with Crippen molar-refractivity contribution in [2.75, 3.05) is 20.2 Å². The maximum Gasteiger partial charge on any atom is 0.123 e. The minimum atomic E-state index is -0.324. The van der Waals surface area contributed by atoms with Gasteiger partial charge in [-0.1, -0.05) is 17.7 Å². The Balaban J connectivity index is 1.83. The Hall–Kier alpha value is -1.76. The molecule has 1 aromatic rings. The van der Waals surface area contributed by atoms with Gasteiger partial charge in [0, 0.05) is 31.2 Å². The zero-order valence-electron chi connectivity index (χ0n) is 15.4. The van der Waals surface area contributed by atoms with E-state index in [0.29, 0.717) is 25.8 Å². The molecule has 142 valence electrons. The van der Waals surface area contributed by atoms with Crippen molar-refractivity contribution in [2.24, 2.45) is 16.3 Å². The number of aliphatic hydroxyl groups excluding tert-OH is 2. The van der Waals surface area contributed by atoms with Crippen molar-refractivity contribution >= 4 is 5.84 Å². The molecule has 2 unspecified atom stereocenters. The Bertz CT molecular complexity index is 698. The Morgan fingerprint density at radius 2 is 2.19 bits per heavy atom. The number of amidine groups is 1. The van der Waals surface area contributed by atoms with Crippen LogP contribution in [-0.2, 0) is 0 Å². The second-order valence-corrected chi connectivity index (χ2v) is 7.58. The fourth-order valence-corrected chi connectivity index (χ4v) is 4.24. The average molecular weight is 361 g/mol. The molecule has 1 aromatic carbocycles. The molecule has 2 atom stereocenters. The van der Waals surface area contributed by atoms with Crippen LogP contribution in [0, 0.1) is 17.2 Å². The number of hydrogen-bond donors (Lipinski definition) is 4. The molecule has 0 amide bonds. The normalized spacial score (nSPS) is 31.1. The van der Waals surface area contributed by atoms with Crippen LogP contribution in [0.5, 0.6) is 0 Å². The lowest BCUT2D eigenvalue weighted by Gasteiger charge is -2.51. The lowest BCUT2D eigenvalue weighted by molar-refractivity contribution is -0.0907. The predicted octanol–water partition coefficient (Wildman–Crippen LogP) is 2.13. The summed E-state index contributed by atoms with van der Waals surface area (Å²) in [5, 5.41) is 26.1. The summed E-state index contributed by atoms with van der Waals surface area (Å²) in [5.41, 5.74) is 1.73. The zero-order valence-corrected chi connectivity index (χ0v) is 15.4. The van der Waals surface area contributed by atoms with Crippen molar-refractivity contribution in [2.45, 2.75) is 38.3 Å². The van der Waals surface area contributed by atoms with Gasteiger partial charge in [0.1, 0.15) is 11.7 Å². The third kappa shape index (κ3) is 3.82. The van der Waals surface area contributed by atoms with E-state index in [4.69, 9.17) is 4.99 Å². The Labute approximate surface area is 154 Å². The first-order chi connectivity index (χ1) is 12.5. The van der Waals surface area contributed by atoms with Crippen LogP contribution >= 0.6 is 0 Å². The molecule has 1 heterocycles. The van der Waals surface area contributed by atoms with Gasteiger partial charge in [0.2, 0.25) is 0 Å².